The summed E-state index contributed by atoms with van der Waals surface area (Å²) < 4.78 is 88.4. The maximum atomic E-state index is 13.4. The molecule has 73 heavy (non-hydrogen) atoms. The summed E-state index contributed by atoms with van der Waals surface area (Å²) in [5.74, 6) is -7.93. The van der Waals surface area contributed by atoms with Crippen molar-refractivity contribution >= 4 is 28.2 Å². The van der Waals surface area contributed by atoms with Gasteiger partial charge < -0.3 is 140 Å². The van der Waals surface area contributed by atoms with E-state index in [1.807, 2.05) is 0 Å². The lowest BCUT2D eigenvalue weighted by Crippen LogP contribution is -2.72. The molecule has 0 spiro atoms. The summed E-state index contributed by atoms with van der Waals surface area (Å²) in [5, 5.41) is 185. The van der Waals surface area contributed by atoms with Crippen LogP contribution in [0.4, 0.5) is 0 Å². The highest BCUT2D eigenvalue weighted by molar-refractivity contribution is 7.80. The van der Waals surface area contributed by atoms with Crippen LogP contribution in [0.3, 0.4) is 0 Å². The van der Waals surface area contributed by atoms with Gasteiger partial charge in [-0.15, -0.1) is 0 Å². The summed E-state index contributed by atoms with van der Waals surface area (Å²) in [7, 11) is -5.48. The zero-order chi connectivity index (χ0) is 54.6. The predicted molar refractivity (Wildman–Crippen MR) is 219 cm³/mol. The molecule has 0 aromatic carbocycles. The first kappa shape index (κ1) is 61.1. The minimum Gasteiger partial charge on any atom is -0.477 e. The maximum Gasteiger partial charge on any atom is 0.397 e. The number of nitrogens with one attached hydrogen (secondary N) is 2. The van der Waals surface area contributed by atoms with E-state index in [1.165, 1.54) is 0 Å². The minimum absolute atomic E-state index is 0.882. The Balaban J connectivity index is 1.62. The van der Waals surface area contributed by atoms with Gasteiger partial charge in [-0.25, -0.2) is 8.98 Å². The van der Waals surface area contributed by atoms with Crippen molar-refractivity contribution in [1.29, 1.82) is 0 Å². The summed E-state index contributed by atoms with van der Waals surface area (Å²) in [6, 6.07) is -3.95. The third kappa shape index (κ3) is 13.7. The van der Waals surface area contributed by atoms with Gasteiger partial charge in [0.05, 0.1) is 45.2 Å². The fraction of sp³-hybridized carbons (Fsp3) is 0.919. The van der Waals surface area contributed by atoms with E-state index in [4.69, 9.17) is 42.6 Å². The molecule has 424 valence electrons. The van der Waals surface area contributed by atoms with Crippen LogP contribution in [-0.4, -0.2) is 316 Å². The zero-order valence-electron chi connectivity index (χ0n) is 38.0. The molecule has 0 aromatic rings. The number of aliphatic hydroxyl groups is 16. The van der Waals surface area contributed by atoms with Gasteiger partial charge in [-0.2, -0.15) is 8.42 Å². The van der Waals surface area contributed by atoms with Crippen molar-refractivity contribution < 1.29 is 161 Å². The second-order valence-corrected chi connectivity index (χ2v) is 18.4. The molecule has 5 aliphatic heterocycles. The molecule has 35 nitrogen and oxygen atoms in total. The van der Waals surface area contributed by atoms with Gasteiger partial charge in [0.25, 0.3) is 5.79 Å². The van der Waals surface area contributed by atoms with Crippen LogP contribution in [0.25, 0.3) is 0 Å². The van der Waals surface area contributed by atoms with E-state index in [0.29, 0.717) is 0 Å². The summed E-state index contributed by atoms with van der Waals surface area (Å²) in [6.07, 6.45) is -52.2. The lowest BCUT2D eigenvalue weighted by molar-refractivity contribution is -0.402. The standard InChI is InChI=1S/C37H62N2O33S/c1-9(46)38-18-28(69-34-24(55)30(72-73(60,61)62)21(52)13(5-42)65-34)20(51)12(4-41)64-33(18)68-27-15(7-44)66-35(67-26-14(6-43)63-32(57)23(54)22(26)53)25(56)31(27)71-37(36(58)59)2-10(47)17(39-16(49)8-45)29(70-37)19(50)11(48)3-40/h10-15,17-35,40-45,47-48,50-57H,2-8H2,1H3,(H,38,46)(H,39,49)(H,58,59)(H,60,61,62)/t10-,11+,12+,13+,14+,15+,17+,18+,19+,20-,21-,22+,23+,24+,25+,26+,27-,28+,29+,30-,31+,32?,33-,34-,35-,37-/m0/s1. The van der Waals surface area contributed by atoms with Gasteiger partial charge in [0.15, 0.2) is 25.2 Å². The fourth-order valence-electron chi connectivity index (χ4n) is 8.77. The number of amides is 2. The Labute approximate surface area is 411 Å². The minimum atomic E-state index is -5.48. The van der Waals surface area contributed by atoms with Crippen LogP contribution in [0.5, 0.6) is 0 Å². The van der Waals surface area contributed by atoms with E-state index in [2.05, 4.69) is 14.8 Å². The highest BCUT2D eigenvalue weighted by Crippen LogP contribution is 2.41. The van der Waals surface area contributed by atoms with Crippen molar-refractivity contribution in [3.05, 3.63) is 0 Å². The van der Waals surface area contributed by atoms with Crippen LogP contribution < -0.4 is 10.6 Å². The first-order valence-corrected chi connectivity index (χ1v) is 23.4. The Bertz CT molecular complexity index is 1930. The normalized spacial score (nSPS) is 44.4. The average molecular weight is 1090 g/mol. The monoisotopic (exact) mass is 1090 g/mol. The summed E-state index contributed by atoms with van der Waals surface area (Å²) in [6.45, 7) is -6.29. The number of carboxylic acids is 1. The second-order valence-electron chi connectivity index (χ2n) is 17.4. The van der Waals surface area contributed by atoms with Gasteiger partial charge >= 0.3 is 16.4 Å². The van der Waals surface area contributed by atoms with Crippen molar-refractivity contribution in [2.45, 2.75) is 172 Å². The van der Waals surface area contributed by atoms with Gasteiger partial charge in [0, 0.05) is 13.3 Å². The van der Waals surface area contributed by atoms with Crippen molar-refractivity contribution in [2.75, 3.05) is 39.6 Å². The molecule has 0 saturated carbocycles. The zero-order valence-corrected chi connectivity index (χ0v) is 38.8. The molecule has 5 aliphatic rings. The number of hydrogen-bond acceptors (Lipinski definition) is 31. The quantitative estimate of drug-likeness (QED) is 0.0475. The first-order chi connectivity index (χ1) is 34.2. The molecule has 5 saturated heterocycles. The number of rotatable bonds is 21. The Hall–Kier alpha value is -2.72. The number of aliphatic carboxylic acids is 1. The molecule has 0 aliphatic carbocycles. The van der Waals surface area contributed by atoms with E-state index in [-0.39, 0.29) is 0 Å². The Morgan fingerprint density at radius 3 is 1.66 bits per heavy atom. The number of carboxylic acid groups (broad SMARTS) is 1. The molecule has 0 aromatic heterocycles. The second kappa shape index (κ2) is 25.6. The molecule has 20 N–H and O–H groups in total. The van der Waals surface area contributed by atoms with Crippen LogP contribution in [0.1, 0.15) is 13.3 Å². The van der Waals surface area contributed by atoms with Crippen molar-refractivity contribution in [1.82, 2.24) is 10.6 Å². The lowest BCUT2D eigenvalue weighted by Gasteiger charge is -2.52. The summed E-state index contributed by atoms with van der Waals surface area (Å²) in [5.41, 5.74) is 0. The van der Waals surface area contributed by atoms with Gasteiger partial charge in [0.1, 0.15) is 123 Å². The van der Waals surface area contributed by atoms with Crippen molar-refractivity contribution in [2.24, 2.45) is 0 Å². The molecule has 0 bridgehead atoms. The third-order valence-electron chi connectivity index (χ3n) is 12.4. The van der Waals surface area contributed by atoms with E-state index < -0.39 is 233 Å². The topological polar surface area (TPSA) is 566 Å². The largest absolute Gasteiger partial charge is 0.477 e. The molecular weight excluding hydrogens is 1030 g/mol. The molecule has 36 heteroatoms. The van der Waals surface area contributed by atoms with Crippen LogP contribution in [0.15, 0.2) is 0 Å². The van der Waals surface area contributed by atoms with Crippen LogP contribution in [-0.2, 0) is 71.6 Å². The number of carbonyl (C=O) groups is 3. The average Bonchev–Trinajstić information content (AvgIpc) is 3.34. The highest BCUT2D eigenvalue weighted by atomic mass is 32.3. The molecule has 26 atom stereocenters. The Morgan fingerprint density at radius 2 is 1.14 bits per heavy atom. The van der Waals surface area contributed by atoms with Crippen LogP contribution in [0.2, 0.25) is 0 Å². The van der Waals surface area contributed by atoms with Gasteiger partial charge in [-0.1, -0.05) is 0 Å². The molecule has 5 fully saturated rings. The number of aliphatic hydroxyl groups excluding tert-OH is 16. The molecule has 5 heterocycles. The van der Waals surface area contributed by atoms with Crippen LogP contribution >= 0.6 is 0 Å². The highest BCUT2D eigenvalue weighted by Gasteiger charge is 2.62. The maximum absolute atomic E-state index is 13.4. The van der Waals surface area contributed by atoms with E-state index in [0.717, 1.165) is 6.92 Å². The molecule has 2 amide bonds. The van der Waals surface area contributed by atoms with E-state index >= 15 is 0 Å². The molecule has 0 radical (unpaired) electrons. The first-order valence-electron chi connectivity index (χ1n) is 22.1. The Morgan fingerprint density at radius 1 is 0.630 bits per heavy atom. The SMILES string of the molecule is CC(=O)N[C@H]1[C@H](O[C@@H]2[C@H](O[C@]3(C(=O)O)C[C@H](O)[C@@H](NC(=O)CO)[C@H]([C@H](O)[C@H](O)CO)O3)[C@@H](O)[C@H](O[C@H]3[C@H](O)[C@@H](O)C(O)O[C@@H]3CO)O[C@@H]2CO)O[C@H](CO)[C@H](O)[C@@H]1O[C@@H]1O[C@H](CO)[C@H](O)[C@H](OS(=O)(=O)O)[C@H]1O. The molecular formula is C37H62N2O33S. The number of ether oxygens (including phenoxy) is 9. The molecule has 5 rings (SSSR count). The van der Waals surface area contributed by atoms with Crippen LogP contribution in [0, 0.1) is 0 Å². The van der Waals surface area contributed by atoms with Crippen molar-refractivity contribution in [3.63, 3.8) is 0 Å². The van der Waals surface area contributed by atoms with Gasteiger partial charge in [-0.05, 0) is 0 Å². The molecule has 1 unspecified atom stereocenters. The number of carbonyl (C=O) groups excluding carboxylic acids is 2. The number of hydrogen-bond donors (Lipinski definition) is 20. The lowest BCUT2D eigenvalue weighted by atomic mass is 9.88. The smallest absolute Gasteiger partial charge is 0.397 e. The predicted octanol–water partition coefficient (Wildman–Crippen LogP) is -13.6. The van der Waals surface area contributed by atoms with E-state index in [9.17, 15) is 114 Å². The Kier molecular flexibility index (Phi) is 21.5. The van der Waals surface area contributed by atoms with Gasteiger partial charge in [0.2, 0.25) is 11.8 Å². The summed E-state index contributed by atoms with van der Waals surface area (Å²) in [4.78, 5) is 38.6. The van der Waals surface area contributed by atoms with Crippen molar-refractivity contribution in [3.8, 4) is 0 Å². The third-order valence-corrected chi connectivity index (χ3v) is 12.9. The van der Waals surface area contributed by atoms with Gasteiger partial charge in [-0.3, -0.25) is 14.1 Å². The van der Waals surface area contributed by atoms with E-state index in [1.54, 1.807) is 0 Å². The fourth-order valence-corrected chi connectivity index (χ4v) is 9.28. The summed E-state index contributed by atoms with van der Waals surface area (Å²) >= 11 is 0.